The second kappa shape index (κ2) is 14.9. The number of phenols is 1. The molecule has 5 atom stereocenters. The van der Waals surface area contributed by atoms with E-state index in [0.717, 1.165) is 0 Å². The maximum atomic E-state index is 12.8. The van der Waals surface area contributed by atoms with Crippen molar-refractivity contribution in [3.63, 3.8) is 0 Å². The van der Waals surface area contributed by atoms with Gasteiger partial charge in [-0.15, -0.1) is 0 Å². The number of nitrogens with one attached hydrogen (secondary N) is 3. The average Bonchev–Trinajstić information content (AvgIpc) is 2.80. The molecule has 4 amide bonds. The lowest BCUT2D eigenvalue weighted by Crippen LogP contribution is -2.60. The second-order valence-electron chi connectivity index (χ2n) is 8.12. The molecule has 0 saturated heterocycles. The molecule has 0 aliphatic carbocycles. The molecule has 1 aromatic rings. The first-order chi connectivity index (χ1) is 16.8. The van der Waals surface area contributed by atoms with Crippen LogP contribution in [0.5, 0.6) is 5.75 Å². The molecule has 5 unspecified atom stereocenters. The van der Waals surface area contributed by atoms with Gasteiger partial charge < -0.3 is 42.7 Å². The molecule has 0 bridgehead atoms. The van der Waals surface area contributed by atoms with Crippen LogP contribution in [-0.2, 0) is 30.4 Å². The predicted molar refractivity (Wildman–Crippen MR) is 132 cm³/mol. The molecule has 10 N–H and O–H groups in total. The van der Waals surface area contributed by atoms with Crippen molar-refractivity contribution in [2.75, 3.05) is 12.0 Å². The zero-order chi connectivity index (χ0) is 27.4. The summed E-state index contributed by atoms with van der Waals surface area (Å²) in [5.41, 5.74) is 11.5. The molecule has 13 nitrogen and oxygen atoms in total. The number of rotatable bonds is 15. The number of carbonyl (C=O) groups is 5. The molecule has 1 rings (SSSR count). The molecule has 0 saturated carbocycles. The Morgan fingerprint density at radius 1 is 0.972 bits per heavy atom. The highest BCUT2D eigenvalue weighted by Crippen LogP contribution is 2.12. The number of hydrogen-bond donors (Lipinski definition) is 8. The maximum absolute atomic E-state index is 12.8. The van der Waals surface area contributed by atoms with Gasteiger partial charge in [0.05, 0.1) is 18.6 Å². The number of aliphatic hydroxyl groups is 1. The van der Waals surface area contributed by atoms with Crippen LogP contribution >= 0.6 is 11.8 Å². The van der Waals surface area contributed by atoms with Crippen LogP contribution in [0, 0.1) is 0 Å². The third-order valence-electron chi connectivity index (χ3n) is 5.06. The lowest BCUT2D eigenvalue weighted by Gasteiger charge is -2.26. The fourth-order valence-electron chi connectivity index (χ4n) is 3.05. The van der Waals surface area contributed by atoms with Gasteiger partial charge in [-0.1, -0.05) is 12.1 Å². The van der Waals surface area contributed by atoms with Gasteiger partial charge in [-0.2, -0.15) is 11.8 Å². The van der Waals surface area contributed by atoms with Gasteiger partial charge in [-0.05, 0) is 43.0 Å². The minimum Gasteiger partial charge on any atom is -0.508 e. The van der Waals surface area contributed by atoms with Crippen LogP contribution in [0.4, 0.5) is 0 Å². The number of carboxylic acid groups (broad SMARTS) is 1. The van der Waals surface area contributed by atoms with E-state index >= 15 is 0 Å². The number of hydrogen-bond acceptors (Lipinski definition) is 9. The van der Waals surface area contributed by atoms with Crippen molar-refractivity contribution in [2.45, 2.75) is 56.5 Å². The number of primary amides is 1. The first-order valence-electron chi connectivity index (χ1n) is 11.0. The summed E-state index contributed by atoms with van der Waals surface area (Å²) in [4.78, 5) is 61.0. The Morgan fingerprint density at radius 3 is 2.06 bits per heavy atom. The normalized spacial score (nSPS) is 15.0. The first-order valence-corrected chi connectivity index (χ1v) is 12.4. The molecule has 0 fully saturated rings. The van der Waals surface area contributed by atoms with Crippen LogP contribution in [0.3, 0.4) is 0 Å². The van der Waals surface area contributed by atoms with Crippen molar-refractivity contribution in [1.82, 2.24) is 16.0 Å². The van der Waals surface area contributed by atoms with Crippen LogP contribution in [0.2, 0.25) is 0 Å². The fourth-order valence-corrected chi connectivity index (χ4v) is 3.54. The topological polar surface area (TPSA) is 234 Å². The van der Waals surface area contributed by atoms with E-state index in [4.69, 9.17) is 11.5 Å². The Kier molecular flexibility index (Phi) is 12.7. The van der Waals surface area contributed by atoms with E-state index in [-0.39, 0.29) is 12.2 Å². The number of carboxylic acids is 1. The van der Waals surface area contributed by atoms with Gasteiger partial charge in [-0.25, -0.2) is 4.79 Å². The Bertz CT molecular complexity index is 928. The Labute approximate surface area is 212 Å². The lowest BCUT2D eigenvalue weighted by molar-refractivity contribution is -0.143. The van der Waals surface area contributed by atoms with Crippen molar-refractivity contribution in [2.24, 2.45) is 11.5 Å². The van der Waals surface area contributed by atoms with Gasteiger partial charge in [-0.3, -0.25) is 19.2 Å². The van der Waals surface area contributed by atoms with Gasteiger partial charge in [0, 0.05) is 6.42 Å². The molecule has 36 heavy (non-hydrogen) atoms. The Hall–Kier alpha value is -3.36. The third kappa shape index (κ3) is 10.5. The monoisotopic (exact) mass is 527 g/mol. The molecular formula is C22H33N5O8S. The lowest BCUT2D eigenvalue weighted by atomic mass is 10.0. The Morgan fingerprint density at radius 2 is 1.56 bits per heavy atom. The first kappa shape index (κ1) is 30.7. The zero-order valence-electron chi connectivity index (χ0n) is 20.0. The van der Waals surface area contributed by atoms with Crippen LogP contribution in [0.15, 0.2) is 24.3 Å². The highest BCUT2D eigenvalue weighted by Gasteiger charge is 2.33. The number of amides is 4. The van der Waals surface area contributed by atoms with Crippen LogP contribution in [0.25, 0.3) is 0 Å². The summed E-state index contributed by atoms with van der Waals surface area (Å²) < 4.78 is 0. The van der Waals surface area contributed by atoms with E-state index in [1.165, 1.54) is 43.0 Å². The summed E-state index contributed by atoms with van der Waals surface area (Å²) in [5, 5.41) is 35.8. The molecule has 0 heterocycles. The number of aliphatic hydroxyl groups excluding tert-OH is 1. The predicted octanol–water partition coefficient (Wildman–Crippen LogP) is -2.19. The molecule has 200 valence electrons. The number of carbonyl (C=O) groups excluding carboxylic acids is 4. The van der Waals surface area contributed by atoms with Gasteiger partial charge >= 0.3 is 5.97 Å². The summed E-state index contributed by atoms with van der Waals surface area (Å²) in [7, 11) is 0. The van der Waals surface area contributed by atoms with Gasteiger partial charge in [0.1, 0.15) is 23.9 Å². The van der Waals surface area contributed by atoms with E-state index in [1.807, 2.05) is 6.26 Å². The van der Waals surface area contributed by atoms with Crippen molar-refractivity contribution in [3.8, 4) is 5.75 Å². The molecular weight excluding hydrogens is 494 g/mol. The molecule has 0 radical (unpaired) electrons. The minimum absolute atomic E-state index is 0.0191. The standard InChI is InChI=1S/C22H33N5O8S/c1-11(28)18(21(33)26-16(22(34)35)9-12-3-5-13(29)6-4-12)27-20(32)15(10-17(24)30)25-19(31)14(23)7-8-36-2/h3-6,11,14-16,18,28-29H,7-10,23H2,1-2H3,(H2,24,30)(H,25,31)(H,26,33)(H,27,32)(H,34,35). The number of benzene rings is 1. The molecule has 0 aliphatic heterocycles. The summed E-state index contributed by atoms with van der Waals surface area (Å²) in [6.45, 7) is 1.19. The van der Waals surface area contributed by atoms with Crippen LogP contribution in [-0.4, -0.2) is 87.2 Å². The maximum Gasteiger partial charge on any atom is 0.326 e. The quantitative estimate of drug-likeness (QED) is 0.123. The minimum atomic E-state index is -1.61. The number of nitrogens with two attached hydrogens (primary N) is 2. The summed E-state index contributed by atoms with van der Waals surface area (Å²) in [5.74, 6) is -4.43. The number of aromatic hydroxyl groups is 1. The second-order valence-corrected chi connectivity index (χ2v) is 9.10. The van der Waals surface area contributed by atoms with Crippen molar-refractivity contribution >= 4 is 41.4 Å². The Balaban J connectivity index is 2.96. The fraction of sp³-hybridized carbons (Fsp3) is 0.500. The van der Waals surface area contributed by atoms with E-state index in [1.54, 1.807) is 0 Å². The molecule has 0 spiro atoms. The van der Waals surface area contributed by atoms with E-state index in [9.17, 15) is 39.3 Å². The zero-order valence-corrected chi connectivity index (χ0v) is 20.8. The third-order valence-corrected chi connectivity index (χ3v) is 5.71. The summed E-state index contributed by atoms with van der Waals surface area (Å²) >= 11 is 1.47. The molecule has 0 aromatic heterocycles. The van der Waals surface area contributed by atoms with Crippen molar-refractivity contribution < 1.29 is 39.3 Å². The number of aliphatic carboxylic acids is 1. The van der Waals surface area contributed by atoms with Gasteiger partial charge in [0.2, 0.25) is 23.6 Å². The smallest absolute Gasteiger partial charge is 0.326 e. The van der Waals surface area contributed by atoms with E-state index < -0.39 is 66.3 Å². The van der Waals surface area contributed by atoms with E-state index in [0.29, 0.717) is 17.7 Å². The molecule has 14 heteroatoms. The van der Waals surface area contributed by atoms with Gasteiger partial charge in [0.15, 0.2) is 0 Å². The van der Waals surface area contributed by atoms with Crippen molar-refractivity contribution in [1.29, 1.82) is 0 Å². The number of phenolic OH excluding ortho intramolecular Hbond substituents is 1. The van der Waals surface area contributed by atoms with Crippen LogP contribution in [0.1, 0.15) is 25.3 Å². The molecule has 0 aliphatic rings. The van der Waals surface area contributed by atoms with Crippen LogP contribution < -0.4 is 27.4 Å². The van der Waals surface area contributed by atoms with Gasteiger partial charge in [0.25, 0.3) is 0 Å². The highest BCUT2D eigenvalue weighted by atomic mass is 32.2. The molecule has 1 aromatic carbocycles. The highest BCUT2D eigenvalue weighted by molar-refractivity contribution is 7.98. The SMILES string of the molecule is CSCCC(N)C(=O)NC(CC(N)=O)C(=O)NC(C(=O)NC(Cc1ccc(O)cc1)C(=O)O)C(C)O. The van der Waals surface area contributed by atoms with E-state index in [2.05, 4.69) is 16.0 Å². The summed E-state index contributed by atoms with van der Waals surface area (Å²) in [6, 6.07) is 0.208. The summed E-state index contributed by atoms with van der Waals surface area (Å²) in [6.07, 6.45) is -0.0653. The van der Waals surface area contributed by atoms with Crippen molar-refractivity contribution in [3.05, 3.63) is 29.8 Å². The number of thioether (sulfide) groups is 1. The average molecular weight is 528 g/mol. The largest absolute Gasteiger partial charge is 0.508 e.